The van der Waals surface area contributed by atoms with Crippen LogP contribution in [0.1, 0.15) is 11.4 Å². The van der Waals surface area contributed by atoms with Gasteiger partial charge in [0, 0.05) is 30.2 Å². The van der Waals surface area contributed by atoms with E-state index in [0.29, 0.717) is 6.61 Å². The molecule has 3 aromatic rings. The van der Waals surface area contributed by atoms with Crippen molar-refractivity contribution in [2.45, 2.75) is 25.8 Å². The van der Waals surface area contributed by atoms with E-state index in [-0.39, 0.29) is 6.10 Å². The van der Waals surface area contributed by atoms with Gasteiger partial charge in [0.15, 0.2) is 0 Å². The molecule has 4 heterocycles. The molecule has 1 aliphatic rings. The minimum atomic E-state index is 0.100. The van der Waals surface area contributed by atoms with Crippen molar-refractivity contribution in [1.82, 2.24) is 25.3 Å². The number of aromatic nitrogens is 4. The average Bonchev–Trinajstić information content (AvgIpc) is 3.24. The second-order valence-electron chi connectivity index (χ2n) is 5.46. The highest BCUT2D eigenvalue weighted by Crippen LogP contribution is 2.26. The van der Waals surface area contributed by atoms with Crippen molar-refractivity contribution in [1.29, 1.82) is 0 Å². The number of pyridine rings is 1. The van der Waals surface area contributed by atoms with E-state index in [9.17, 15) is 0 Å². The van der Waals surface area contributed by atoms with Gasteiger partial charge in [-0.05, 0) is 23.6 Å². The van der Waals surface area contributed by atoms with Gasteiger partial charge in [-0.1, -0.05) is 11.3 Å². The number of rotatable bonds is 5. The van der Waals surface area contributed by atoms with Gasteiger partial charge in [-0.25, -0.2) is 4.68 Å². The molecular weight excluding hydrogens is 310 g/mol. The third-order valence-corrected chi connectivity index (χ3v) is 4.55. The number of ether oxygens (including phenoxy) is 1. The van der Waals surface area contributed by atoms with Crippen LogP contribution in [0.25, 0.3) is 11.3 Å². The number of nitrogens with zero attached hydrogens (tertiary/aromatic N) is 4. The molecule has 4 rings (SSSR count). The molecule has 7 heteroatoms. The van der Waals surface area contributed by atoms with E-state index in [1.54, 1.807) is 11.3 Å². The SMILES string of the molecule is c1ccc(CNC[C@H]2Cn3nnc(-c4ccsc4)c3CO2)nc1. The van der Waals surface area contributed by atoms with Gasteiger partial charge in [-0.15, -0.1) is 5.10 Å². The zero-order valence-corrected chi connectivity index (χ0v) is 13.4. The lowest BCUT2D eigenvalue weighted by atomic mass is 10.2. The monoisotopic (exact) mass is 327 g/mol. The first-order chi connectivity index (χ1) is 11.4. The average molecular weight is 327 g/mol. The van der Waals surface area contributed by atoms with Crippen LogP contribution >= 0.6 is 11.3 Å². The first-order valence-corrected chi connectivity index (χ1v) is 8.51. The summed E-state index contributed by atoms with van der Waals surface area (Å²) in [7, 11) is 0. The molecule has 0 fully saturated rings. The molecule has 1 atom stereocenters. The highest BCUT2D eigenvalue weighted by molar-refractivity contribution is 7.08. The minimum absolute atomic E-state index is 0.100. The van der Waals surface area contributed by atoms with Gasteiger partial charge in [0.1, 0.15) is 5.69 Å². The molecule has 1 N–H and O–H groups in total. The highest BCUT2D eigenvalue weighted by atomic mass is 32.1. The van der Waals surface area contributed by atoms with Crippen molar-refractivity contribution in [3.63, 3.8) is 0 Å². The Hall–Kier alpha value is -2.09. The largest absolute Gasteiger partial charge is 0.369 e. The molecular formula is C16H17N5OS. The van der Waals surface area contributed by atoms with Crippen LogP contribution in [0.5, 0.6) is 0 Å². The van der Waals surface area contributed by atoms with Crippen molar-refractivity contribution < 1.29 is 4.74 Å². The maximum atomic E-state index is 5.96. The summed E-state index contributed by atoms with van der Waals surface area (Å²) in [5, 5.41) is 16.1. The quantitative estimate of drug-likeness (QED) is 0.777. The fourth-order valence-corrected chi connectivity index (χ4v) is 3.32. The molecule has 3 aromatic heterocycles. The fraction of sp³-hybridized carbons (Fsp3) is 0.312. The van der Waals surface area contributed by atoms with E-state index in [1.807, 2.05) is 29.1 Å². The van der Waals surface area contributed by atoms with Crippen molar-refractivity contribution >= 4 is 11.3 Å². The summed E-state index contributed by atoms with van der Waals surface area (Å²) in [6, 6.07) is 7.99. The Morgan fingerprint density at radius 3 is 3.17 bits per heavy atom. The Morgan fingerprint density at radius 1 is 1.35 bits per heavy atom. The van der Waals surface area contributed by atoms with Crippen LogP contribution in [-0.2, 0) is 24.4 Å². The summed E-state index contributed by atoms with van der Waals surface area (Å²) < 4.78 is 7.92. The van der Waals surface area contributed by atoms with Crippen molar-refractivity contribution in [2.75, 3.05) is 6.54 Å². The van der Waals surface area contributed by atoms with Gasteiger partial charge in [0.25, 0.3) is 0 Å². The Morgan fingerprint density at radius 2 is 2.35 bits per heavy atom. The summed E-state index contributed by atoms with van der Waals surface area (Å²) in [4.78, 5) is 4.30. The van der Waals surface area contributed by atoms with Gasteiger partial charge in [0.2, 0.25) is 0 Å². The summed E-state index contributed by atoms with van der Waals surface area (Å²) >= 11 is 1.66. The molecule has 6 nitrogen and oxygen atoms in total. The van der Waals surface area contributed by atoms with E-state index in [0.717, 1.165) is 42.3 Å². The summed E-state index contributed by atoms with van der Waals surface area (Å²) in [5.74, 6) is 0. The number of hydrogen-bond acceptors (Lipinski definition) is 6. The molecule has 0 unspecified atom stereocenters. The molecule has 0 saturated heterocycles. The first kappa shape index (κ1) is 14.5. The van der Waals surface area contributed by atoms with Crippen LogP contribution in [0, 0.1) is 0 Å². The number of fused-ring (bicyclic) bond motifs is 1. The molecule has 118 valence electrons. The standard InChI is InChI=1S/C16H17N5OS/c1-2-5-18-13(3-1)7-17-8-14-9-21-15(10-22-14)16(19-20-21)12-4-6-23-11-12/h1-6,11,14,17H,7-10H2/t14-/m0/s1. The lowest BCUT2D eigenvalue weighted by molar-refractivity contribution is 0.00122. The molecule has 0 bridgehead atoms. The number of nitrogens with one attached hydrogen (secondary N) is 1. The molecule has 0 spiro atoms. The van der Waals surface area contributed by atoms with Crippen molar-refractivity contribution in [2.24, 2.45) is 0 Å². The predicted molar refractivity (Wildman–Crippen MR) is 87.9 cm³/mol. The van der Waals surface area contributed by atoms with Gasteiger partial charge in [-0.3, -0.25) is 4.98 Å². The highest BCUT2D eigenvalue weighted by Gasteiger charge is 2.24. The minimum Gasteiger partial charge on any atom is -0.369 e. The lowest BCUT2D eigenvalue weighted by Crippen LogP contribution is -2.36. The van der Waals surface area contributed by atoms with Gasteiger partial charge < -0.3 is 10.1 Å². The van der Waals surface area contributed by atoms with Gasteiger partial charge in [-0.2, -0.15) is 11.3 Å². The third kappa shape index (κ3) is 3.17. The number of hydrogen-bond donors (Lipinski definition) is 1. The Kier molecular flexibility index (Phi) is 4.14. The van der Waals surface area contributed by atoms with E-state index in [2.05, 4.69) is 37.4 Å². The zero-order chi connectivity index (χ0) is 15.5. The molecule has 0 saturated carbocycles. The van der Waals surface area contributed by atoms with Crippen LogP contribution in [-0.4, -0.2) is 32.6 Å². The summed E-state index contributed by atoms with van der Waals surface area (Å²) in [6.07, 6.45) is 1.91. The lowest BCUT2D eigenvalue weighted by Gasteiger charge is -2.24. The van der Waals surface area contributed by atoms with E-state index >= 15 is 0 Å². The second-order valence-corrected chi connectivity index (χ2v) is 6.24. The topological polar surface area (TPSA) is 64.9 Å². The summed E-state index contributed by atoms with van der Waals surface area (Å²) in [5.41, 5.74) is 4.14. The summed E-state index contributed by atoms with van der Waals surface area (Å²) in [6.45, 7) is 2.78. The smallest absolute Gasteiger partial charge is 0.119 e. The molecule has 0 aromatic carbocycles. The van der Waals surface area contributed by atoms with Gasteiger partial charge in [0.05, 0.1) is 30.6 Å². The Bertz CT molecular complexity index is 756. The predicted octanol–water partition coefficient (Wildman–Crippen LogP) is 2.09. The van der Waals surface area contributed by atoms with Crippen LogP contribution in [0.4, 0.5) is 0 Å². The molecule has 1 aliphatic heterocycles. The maximum Gasteiger partial charge on any atom is 0.119 e. The van der Waals surface area contributed by atoms with Crippen molar-refractivity contribution in [3.8, 4) is 11.3 Å². The zero-order valence-electron chi connectivity index (χ0n) is 12.6. The van der Waals surface area contributed by atoms with E-state index in [4.69, 9.17) is 4.74 Å². The Balaban J connectivity index is 1.36. The first-order valence-electron chi connectivity index (χ1n) is 7.57. The van der Waals surface area contributed by atoms with E-state index in [1.165, 1.54) is 0 Å². The number of thiophene rings is 1. The molecule has 0 amide bonds. The van der Waals surface area contributed by atoms with Crippen LogP contribution in [0.2, 0.25) is 0 Å². The van der Waals surface area contributed by atoms with Crippen LogP contribution < -0.4 is 5.32 Å². The maximum absolute atomic E-state index is 5.96. The molecule has 23 heavy (non-hydrogen) atoms. The van der Waals surface area contributed by atoms with Crippen LogP contribution in [0.15, 0.2) is 41.2 Å². The fourth-order valence-electron chi connectivity index (χ4n) is 2.68. The van der Waals surface area contributed by atoms with E-state index < -0.39 is 0 Å². The Labute approximate surface area is 138 Å². The molecule has 0 aliphatic carbocycles. The van der Waals surface area contributed by atoms with Crippen LogP contribution in [0.3, 0.4) is 0 Å². The normalized spacial score (nSPS) is 17.1. The molecule has 0 radical (unpaired) electrons. The van der Waals surface area contributed by atoms with Crippen molar-refractivity contribution in [3.05, 3.63) is 52.6 Å². The van der Waals surface area contributed by atoms with Gasteiger partial charge >= 0.3 is 0 Å². The second kappa shape index (κ2) is 6.57. The third-order valence-electron chi connectivity index (χ3n) is 3.87.